The largest absolute Gasteiger partial charge is 0.465 e. The molecule has 306 valence electrons. The second-order valence-corrected chi connectivity index (χ2v) is 22.0. The van der Waals surface area contributed by atoms with E-state index < -0.39 is 95.6 Å². The lowest BCUT2D eigenvalue weighted by Crippen LogP contribution is -2.60. The molecule has 5 atom stereocenters. The van der Waals surface area contributed by atoms with Crippen LogP contribution < -0.4 is 15.4 Å². The van der Waals surface area contributed by atoms with Gasteiger partial charge in [0.15, 0.2) is 9.84 Å². The number of carboxylic acid groups (broad SMARTS) is 1. The molecule has 2 aromatic carbocycles. The Labute approximate surface area is 331 Å². The van der Waals surface area contributed by atoms with Crippen LogP contribution in [0.15, 0.2) is 67.3 Å². The normalized spacial score (nSPS) is 24.5. The summed E-state index contributed by atoms with van der Waals surface area (Å²) in [6.45, 7) is 14.5. The number of benzene rings is 2. The van der Waals surface area contributed by atoms with Crippen molar-refractivity contribution in [3.05, 3.63) is 72.8 Å². The van der Waals surface area contributed by atoms with Crippen LogP contribution in [0.5, 0.6) is 0 Å². The van der Waals surface area contributed by atoms with E-state index in [-0.39, 0.29) is 17.6 Å². The first-order valence-electron chi connectivity index (χ1n) is 19.2. The van der Waals surface area contributed by atoms with Gasteiger partial charge in [-0.15, -0.1) is 6.58 Å². The van der Waals surface area contributed by atoms with E-state index in [4.69, 9.17) is 0 Å². The topological polar surface area (TPSA) is 196 Å². The molecule has 1 aliphatic heterocycles. The van der Waals surface area contributed by atoms with Gasteiger partial charge in [0.25, 0.3) is 5.91 Å². The predicted molar refractivity (Wildman–Crippen MR) is 214 cm³/mol. The van der Waals surface area contributed by atoms with Crippen molar-refractivity contribution in [3.63, 3.8) is 0 Å². The molecule has 1 saturated heterocycles. The van der Waals surface area contributed by atoms with Crippen molar-refractivity contribution < 1.29 is 41.1 Å². The minimum atomic E-state index is -4.13. The molecule has 2 aromatic rings. The van der Waals surface area contributed by atoms with Crippen molar-refractivity contribution in [1.82, 2.24) is 20.3 Å². The average Bonchev–Trinajstić information content (AvgIpc) is 4.05. The molecular formula is C41H56N4O9S2. The first-order chi connectivity index (χ1) is 26.0. The molecule has 13 nitrogen and oxygen atoms in total. The summed E-state index contributed by atoms with van der Waals surface area (Å²) in [7, 11) is -8.13. The summed E-state index contributed by atoms with van der Waals surface area (Å²) in [4.78, 5) is 56.8. The Morgan fingerprint density at radius 3 is 2.07 bits per heavy atom. The Hall–Kier alpha value is -4.24. The molecule has 4 amide bonds. The highest BCUT2D eigenvalue weighted by molar-refractivity contribution is 7.92. The van der Waals surface area contributed by atoms with Gasteiger partial charge >= 0.3 is 6.09 Å². The van der Waals surface area contributed by atoms with Crippen molar-refractivity contribution >= 4 is 43.7 Å². The van der Waals surface area contributed by atoms with Gasteiger partial charge in [-0.25, -0.2) is 21.6 Å². The standard InChI is InChI=1S/C41H56N4O9S2/c1-8-10-22-55(51,52)40(30-18-16-28(17-19-30)27-14-12-11-13-15-27)24-32(45(26-40)35(47)33(42-37(49)50)39(6,7)25-38(3,4)5)34(46)43-41(23-29(41)9-2)36(48)44-56(53,54)31-20-21-31/h9,11-19,29,31-33,42H,2,8,10,20-26H2,1,3-7H3,(H,43,46)(H,44,48)(H,49,50)/t29-,32+,33-,40+,41?/m1/s1. The molecule has 2 saturated carbocycles. The number of nitrogens with zero attached hydrogens (tertiary/aromatic N) is 1. The smallest absolute Gasteiger partial charge is 0.405 e. The van der Waals surface area contributed by atoms with Gasteiger partial charge in [0.1, 0.15) is 22.4 Å². The molecule has 0 bridgehead atoms. The summed E-state index contributed by atoms with van der Waals surface area (Å²) in [6.07, 6.45) is 1.69. The van der Waals surface area contributed by atoms with Gasteiger partial charge in [-0.1, -0.05) is 109 Å². The molecule has 56 heavy (non-hydrogen) atoms. The maximum Gasteiger partial charge on any atom is 0.405 e. The third-order valence-electron chi connectivity index (χ3n) is 11.3. The molecule has 15 heteroatoms. The molecule has 2 aliphatic carbocycles. The fraction of sp³-hybridized carbons (Fsp3) is 0.561. The van der Waals surface area contributed by atoms with Crippen LogP contribution in [0.25, 0.3) is 11.1 Å². The molecule has 0 spiro atoms. The third-order valence-corrected chi connectivity index (χ3v) is 15.7. The van der Waals surface area contributed by atoms with Crippen molar-refractivity contribution in [1.29, 1.82) is 0 Å². The summed E-state index contributed by atoms with van der Waals surface area (Å²) >= 11 is 0. The highest BCUT2D eigenvalue weighted by Crippen LogP contribution is 2.48. The van der Waals surface area contributed by atoms with Crippen LogP contribution in [0.3, 0.4) is 0 Å². The minimum absolute atomic E-state index is 0.0393. The van der Waals surface area contributed by atoms with Crippen molar-refractivity contribution in [2.75, 3.05) is 12.3 Å². The first kappa shape index (κ1) is 42.9. The monoisotopic (exact) mass is 812 g/mol. The van der Waals surface area contributed by atoms with E-state index >= 15 is 0 Å². The Bertz CT molecular complexity index is 2060. The molecular weight excluding hydrogens is 757 g/mol. The fourth-order valence-electron chi connectivity index (χ4n) is 8.45. The summed E-state index contributed by atoms with van der Waals surface area (Å²) in [5, 5.41) is 14.4. The molecule has 5 rings (SSSR count). The zero-order valence-electron chi connectivity index (χ0n) is 33.1. The van der Waals surface area contributed by atoms with Crippen molar-refractivity contribution in [2.45, 2.75) is 114 Å². The number of unbranched alkanes of at least 4 members (excludes halogenated alkanes) is 1. The first-order valence-corrected chi connectivity index (χ1v) is 22.4. The highest BCUT2D eigenvalue weighted by Gasteiger charge is 2.64. The van der Waals surface area contributed by atoms with Gasteiger partial charge in [-0.05, 0) is 59.6 Å². The number of sulfone groups is 1. The third kappa shape index (κ3) is 8.83. The molecule has 0 aromatic heterocycles. The molecule has 4 N–H and O–H groups in total. The molecule has 1 heterocycles. The molecule has 0 radical (unpaired) electrons. The van der Waals surface area contributed by atoms with Gasteiger partial charge in [0.2, 0.25) is 21.8 Å². The average molecular weight is 813 g/mol. The number of rotatable bonds is 16. The number of amides is 4. The summed E-state index contributed by atoms with van der Waals surface area (Å²) in [5.41, 5.74) is -0.992. The van der Waals surface area contributed by atoms with E-state index in [1.54, 1.807) is 38.1 Å². The Morgan fingerprint density at radius 2 is 1.55 bits per heavy atom. The molecule has 3 aliphatic rings. The lowest BCUT2D eigenvalue weighted by molar-refractivity contribution is -0.143. The van der Waals surface area contributed by atoms with Gasteiger partial charge in [-0.3, -0.25) is 19.1 Å². The number of hydrogen-bond acceptors (Lipinski definition) is 8. The van der Waals surface area contributed by atoms with E-state index in [1.165, 1.54) is 6.08 Å². The number of sulfonamides is 1. The van der Waals surface area contributed by atoms with Gasteiger partial charge in [0.05, 0.1) is 11.0 Å². The van der Waals surface area contributed by atoms with E-state index in [2.05, 4.69) is 21.9 Å². The van der Waals surface area contributed by atoms with E-state index in [0.29, 0.717) is 37.7 Å². The second kappa shape index (κ2) is 15.6. The van der Waals surface area contributed by atoms with E-state index in [1.807, 2.05) is 58.0 Å². The van der Waals surface area contributed by atoms with Gasteiger partial charge in [0, 0.05) is 18.9 Å². The van der Waals surface area contributed by atoms with Crippen LogP contribution in [0.1, 0.15) is 92.1 Å². The van der Waals surface area contributed by atoms with E-state index in [0.717, 1.165) is 16.0 Å². The van der Waals surface area contributed by atoms with Crippen molar-refractivity contribution in [3.8, 4) is 11.1 Å². The zero-order chi connectivity index (χ0) is 41.5. The minimum Gasteiger partial charge on any atom is -0.465 e. The predicted octanol–water partition coefficient (Wildman–Crippen LogP) is 5.13. The SMILES string of the molecule is C=C[C@@H]1CC1(NC(=O)[C@@H]1C[C@](c2ccc(-c3ccccc3)cc2)(S(=O)(=O)CCCC)CN1C(=O)[C@@H](NC(=O)O)C(C)(C)CC(C)(C)C)C(=O)NS(=O)(=O)C1CC1. The maximum absolute atomic E-state index is 15.0. The van der Waals surface area contributed by atoms with Gasteiger partial charge < -0.3 is 20.6 Å². The number of hydrogen-bond donors (Lipinski definition) is 4. The second-order valence-electron chi connectivity index (χ2n) is 17.6. The quantitative estimate of drug-likeness (QED) is 0.166. The van der Waals surface area contributed by atoms with Crippen LogP contribution in [-0.4, -0.2) is 85.8 Å². The Balaban J connectivity index is 1.63. The molecule has 3 fully saturated rings. The number of carbonyl (C=O) groups excluding carboxylic acids is 3. The molecule has 1 unspecified atom stereocenters. The lowest BCUT2D eigenvalue weighted by Gasteiger charge is -2.40. The van der Waals surface area contributed by atoms with Crippen LogP contribution >= 0.6 is 0 Å². The lowest BCUT2D eigenvalue weighted by atomic mass is 9.71. The summed E-state index contributed by atoms with van der Waals surface area (Å²) in [5.74, 6) is -3.47. The summed E-state index contributed by atoms with van der Waals surface area (Å²) < 4.78 is 55.5. The Morgan fingerprint density at radius 1 is 0.946 bits per heavy atom. The van der Waals surface area contributed by atoms with Crippen LogP contribution in [-0.2, 0) is 39.0 Å². The van der Waals surface area contributed by atoms with Crippen LogP contribution in [0.4, 0.5) is 4.79 Å². The zero-order valence-corrected chi connectivity index (χ0v) is 34.8. The Kier molecular flexibility index (Phi) is 11.9. The van der Waals surface area contributed by atoms with Crippen LogP contribution in [0, 0.1) is 16.7 Å². The maximum atomic E-state index is 15.0. The summed E-state index contributed by atoms with van der Waals surface area (Å²) in [6, 6.07) is 13.6. The number of likely N-dealkylation sites (tertiary alicyclic amines) is 1. The number of nitrogens with one attached hydrogen (secondary N) is 3. The fourth-order valence-corrected chi connectivity index (χ4v) is 12.1. The van der Waals surface area contributed by atoms with E-state index in [9.17, 15) is 41.1 Å². The highest BCUT2D eigenvalue weighted by atomic mass is 32.2. The number of carbonyl (C=O) groups is 4. The van der Waals surface area contributed by atoms with Crippen LogP contribution in [0.2, 0.25) is 0 Å². The van der Waals surface area contributed by atoms with Gasteiger partial charge in [-0.2, -0.15) is 0 Å². The van der Waals surface area contributed by atoms with Crippen molar-refractivity contribution in [2.24, 2.45) is 16.7 Å².